The van der Waals surface area contributed by atoms with Crippen molar-refractivity contribution in [3.05, 3.63) is 34.9 Å². The number of benzene rings is 1. The van der Waals surface area contributed by atoms with Crippen LogP contribution in [0.1, 0.15) is 98.3 Å². The molecule has 3 aromatic heterocycles. The third-order valence-corrected chi connectivity index (χ3v) is 16.6. The van der Waals surface area contributed by atoms with Gasteiger partial charge in [0.15, 0.2) is 20.4 Å². The zero-order chi connectivity index (χ0) is 38.6. The molecule has 1 aromatic carbocycles. The van der Waals surface area contributed by atoms with Crippen LogP contribution in [0.3, 0.4) is 0 Å². The van der Waals surface area contributed by atoms with Crippen molar-refractivity contribution in [2.24, 2.45) is 0 Å². The number of alkyl halides is 1. The summed E-state index contributed by atoms with van der Waals surface area (Å²) in [7, 11) is -1.98. The Hall–Kier alpha value is -2.97. The molecule has 294 valence electrons. The molecule has 0 N–H and O–H groups in total. The van der Waals surface area contributed by atoms with Crippen molar-refractivity contribution in [3.63, 3.8) is 0 Å². The number of nitrogens with zero attached hydrogens (tertiary/aromatic N) is 6. The lowest BCUT2D eigenvalue weighted by molar-refractivity contribution is -0.0366. The van der Waals surface area contributed by atoms with E-state index < -0.39 is 31.4 Å². The Balaban J connectivity index is 1.32. The van der Waals surface area contributed by atoms with Gasteiger partial charge in [0.1, 0.15) is 29.6 Å². The summed E-state index contributed by atoms with van der Waals surface area (Å²) in [6.07, 6.45) is 8.41. The Morgan fingerprint density at radius 3 is 2.59 bits per heavy atom. The third-order valence-electron chi connectivity index (χ3n) is 11.7. The molecule has 0 bridgehead atoms. The Morgan fingerprint density at radius 2 is 1.87 bits per heavy atom. The highest BCUT2D eigenvalue weighted by molar-refractivity contribution is 6.74. The van der Waals surface area contributed by atoms with Crippen molar-refractivity contribution < 1.29 is 27.4 Å². The quantitative estimate of drug-likeness (QED) is 0.109. The summed E-state index contributed by atoms with van der Waals surface area (Å²) >= 11 is 7.16. The first-order valence-electron chi connectivity index (χ1n) is 19.5. The molecule has 10 nitrogen and oxygen atoms in total. The number of ether oxygens (including phenoxy) is 3. The zero-order valence-electron chi connectivity index (χ0n) is 33.0. The predicted octanol–water partition coefficient (Wildman–Crippen LogP) is 9.62. The average molecular weight is 785 g/mol. The lowest BCUT2D eigenvalue weighted by atomic mass is 9.95. The minimum Gasteiger partial charge on any atom is -0.471 e. The summed E-state index contributed by atoms with van der Waals surface area (Å²) in [6.45, 7) is 19.4. The summed E-state index contributed by atoms with van der Waals surface area (Å²) < 4.78 is 59.0. The van der Waals surface area contributed by atoms with Gasteiger partial charge in [-0.15, -0.1) is 0 Å². The van der Waals surface area contributed by atoms with Gasteiger partial charge in [-0.3, -0.25) is 9.88 Å². The second-order valence-corrected chi connectivity index (χ2v) is 23.1. The number of fused-ring (bicyclic) bond motifs is 3. The first-order valence-corrected chi connectivity index (χ1v) is 22.8. The van der Waals surface area contributed by atoms with Gasteiger partial charge in [0.2, 0.25) is 5.88 Å². The number of aromatic nitrogens is 5. The molecule has 0 spiro atoms. The van der Waals surface area contributed by atoms with Gasteiger partial charge in [-0.1, -0.05) is 32.4 Å². The van der Waals surface area contributed by atoms with Crippen molar-refractivity contribution in [2.45, 2.75) is 135 Å². The van der Waals surface area contributed by atoms with Gasteiger partial charge < -0.3 is 18.6 Å². The van der Waals surface area contributed by atoms with E-state index in [0.29, 0.717) is 55.0 Å². The van der Waals surface area contributed by atoms with Gasteiger partial charge in [-0.05, 0) is 102 Å². The predicted molar refractivity (Wildman–Crippen MR) is 210 cm³/mol. The van der Waals surface area contributed by atoms with Gasteiger partial charge in [-0.25, -0.2) is 13.5 Å². The highest BCUT2D eigenvalue weighted by Crippen LogP contribution is 2.43. The molecule has 0 saturated carbocycles. The molecule has 3 aliphatic heterocycles. The maximum absolute atomic E-state index is 17.4. The fraction of sp³-hybridized carbons (Fsp3) is 0.650. The molecule has 6 heterocycles. The van der Waals surface area contributed by atoms with E-state index in [1.54, 1.807) is 12.4 Å². The molecule has 0 amide bonds. The van der Waals surface area contributed by atoms with Gasteiger partial charge in [0, 0.05) is 48.3 Å². The lowest BCUT2D eigenvalue weighted by Crippen LogP contribution is -2.43. The summed E-state index contributed by atoms with van der Waals surface area (Å²) in [6, 6.07) is 1.89. The summed E-state index contributed by atoms with van der Waals surface area (Å²) in [5.74, 6) is -0.481. The Kier molecular flexibility index (Phi) is 10.8. The van der Waals surface area contributed by atoms with Crippen LogP contribution in [0.2, 0.25) is 23.2 Å². The highest BCUT2D eigenvalue weighted by Gasteiger charge is 2.49. The lowest BCUT2D eigenvalue weighted by Gasteiger charge is -2.36. The van der Waals surface area contributed by atoms with Crippen LogP contribution in [0.4, 0.5) is 8.78 Å². The second kappa shape index (κ2) is 14.8. The molecule has 3 fully saturated rings. The first kappa shape index (κ1) is 39.3. The van der Waals surface area contributed by atoms with Gasteiger partial charge in [0.05, 0.1) is 22.6 Å². The molecule has 0 aliphatic carbocycles. The molecule has 0 radical (unpaired) electrons. The van der Waals surface area contributed by atoms with E-state index in [9.17, 15) is 4.39 Å². The van der Waals surface area contributed by atoms with E-state index in [1.807, 2.05) is 31.5 Å². The van der Waals surface area contributed by atoms with E-state index in [0.717, 1.165) is 55.1 Å². The largest absolute Gasteiger partial charge is 0.471 e. The Morgan fingerprint density at radius 1 is 1.07 bits per heavy atom. The van der Waals surface area contributed by atoms with Crippen molar-refractivity contribution in [1.29, 1.82) is 0 Å². The summed E-state index contributed by atoms with van der Waals surface area (Å²) in [5, 5.41) is 6.37. The minimum atomic E-state index is -1.98. The van der Waals surface area contributed by atoms with E-state index in [-0.39, 0.29) is 41.0 Å². The Bertz CT molecular complexity index is 2010. The second-order valence-electron chi connectivity index (χ2n) is 17.8. The van der Waals surface area contributed by atoms with Crippen LogP contribution in [0, 0.1) is 5.82 Å². The van der Waals surface area contributed by atoms with Crippen molar-refractivity contribution in [1.82, 2.24) is 29.6 Å². The molecule has 4 aromatic rings. The molecular formula is C40H55ClF2N6O4Si. The van der Waals surface area contributed by atoms with E-state index >= 15 is 4.39 Å². The fourth-order valence-electron chi connectivity index (χ4n) is 7.92. The molecule has 3 saturated heterocycles. The number of pyridine rings is 1. The van der Waals surface area contributed by atoms with Crippen molar-refractivity contribution >= 4 is 41.7 Å². The fourth-order valence-corrected chi connectivity index (χ4v) is 9.30. The van der Waals surface area contributed by atoms with Gasteiger partial charge in [0.25, 0.3) is 0 Å². The topological polar surface area (TPSA) is 96.7 Å². The third kappa shape index (κ3) is 7.72. The smallest absolute Gasteiger partial charge is 0.320 e. The SMILES string of the molecule is CC(C)(C)Oc1nc(OC[C@@]23CCCN2C[C@H](F)C3)nc2c(F)c(-c3c(CCCO[Si](C)(C)C(C)(C)C)c(Cl)cc4c3cnn4C3CCCCO3)ncc12. The minimum absolute atomic E-state index is 0.0168. The normalized spacial score (nSPS) is 22.7. The van der Waals surface area contributed by atoms with Crippen LogP contribution in [0.25, 0.3) is 33.1 Å². The van der Waals surface area contributed by atoms with E-state index in [4.69, 9.17) is 40.3 Å². The van der Waals surface area contributed by atoms with Crippen molar-refractivity contribution in [3.8, 4) is 23.1 Å². The zero-order valence-corrected chi connectivity index (χ0v) is 34.8. The Labute approximate surface area is 323 Å². The monoisotopic (exact) mass is 784 g/mol. The van der Waals surface area contributed by atoms with Crippen LogP contribution in [-0.2, 0) is 15.6 Å². The van der Waals surface area contributed by atoms with Crippen molar-refractivity contribution in [2.75, 3.05) is 32.9 Å². The maximum atomic E-state index is 17.4. The van der Waals surface area contributed by atoms with Crippen LogP contribution in [0.15, 0.2) is 18.5 Å². The molecular weight excluding hydrogens is 730 g/mol. The average Bonchev–Trinajstić information content (AvgIpc) is 3.77. The van der Waals surface area contributed by atoms with Crippen LogP contribution in [0.5, 0.6) is 11.9 Å². The number of hydrogen-bond donors (Lipinski definition) is 0. The molecule has 54 heavy (non-hydrogen) atoms. The molecule has 7 rings (SSSR count). The highest BCUT2D eigenvalue weighted by atomic mass is 35.5. The molecule has 3 aliphatic rings. The van der Waals surface area contributed by atoms with E-state index in [2.05, 4.69) is 48.7 Å². The van der Waals surface area contributed by atoms with Crippen LogP contribution in [-0.4, -0.2) is 88.2 Å². The number of halogens is 3. The van der Waals surface area contributed by atoms with Crippen LogP contribution < -0.4 is 9.47 Å². The van der Waals surface area contributed by atoms with E-state index in [1.165, 1.54) is 0 Å². The number of hydrogen-bond acceptors (Lipinski definition) is 9. The number of rotatable bonds is 11. The molecule has 14 heteroatoms. The standard InChI is InChI=1S/C40H55ClF2N6O4Si/c1-38(2,3)53-36-28-21-44-35(33(43)34(28)46-37(47-36)51-24-40-15-12-16-48(40)23-25(42)20-40)32-26(13-11-18-52-54(7,8)39(4,5)6)29(41)19-30-27(32)22-45-49(30)31-14-9-10-17-50-31/h19,21-22,25,31H,9-18,20,23-24H2,1-8H3/t25-,31?,40+/m1/s1. The summed E-state index contributed by atoms with van der Waals surface area (Å²) in [5.41, 5.74) is 1.10. The van der Waals surface area contributed by atoms with Gasteiger partial charge in [-0.2, -0.15) is 15.1 Å². The summed E-state index contributed by atoms with van der Waals surface area (Å²) in [4.78, 5) is 16.2. The molecule has 3 atom stereocenters. The van der Waals surface area contributed by atoms with Crippen LogP contribution >= 0.6 is 11.6 Å². The molecule has 1 unspecified atom stereocenters. The van der Waals surface area contributed by atoms with Gasteiger partial charge >= 0.3 is 6.01 Å². The maximum Gasteiger partial charge on any atom is 0.320 e. The first-order chi connectivity index (χ1) is 25.5.